The van der Waals surface area contributed by atoms with Crippen LogP contribution in [0.2, 0.25) is 0 Å². The SMILES string of the molecule is CC(C)(C)c1csc(Nc2cc(Br)ccc2C(N)=S)n1. The number of nitrogens with two attached hydrogens (primary N) is 1. The topological polar surface area (TPSA) is 50.9 Å². The highest BCUT2D eigenvalue weighted by Gasteiger charge is 2.18. The molecule has 2 rings (SSSR count). The normalized spacial score (nSPS) is 11.4. The summed E-state index contributed by atoms with van der Waals surface area (Å²) in [7, 11) is 0. The molecule has 0 aliphatic carbocycles. The van der Waals surface area contributed by atoms with Crippen molar-refractivity contribution in [2.45, 2.75) is 26.2 Å². The van der Waals surface area contributed by atoms with E-state index < -0.39 is 0 Å². The van der Waals surface area contributed by atoms with Gasteiger partial charge in [0, 0.05) is 20.8 Å². The van der Waals surface area contributed by atoms with Crippen LogP contribution in [-0.2, 0) is 5.41 Å². The van der Waals surface area contributed by atoms with Crippen LogP contribution in [0, 0.1) is 0 Å². The summed E-state index contributed by atoms with van der Waals surface area (Å²) < 4.78 is 0.965. The zero-order valence-corrected chi connectivity index (χ0v) is 14.7. The Hall–Kier alpha value is -0.980. The van der Waals surface area contributed by atoms with Gasteiger partial charge in [0.05, 0.1) is 11.4 Å². The summed E-state index contributed by atoms with van der Waals surface area (Å²) >= 11 is 10.1. The van der Waals surface area contributed by atoms with Crippen LogP contribution in [0.5, 0.6) is 0 Å². The Balaban J connectivity index is 2.32. The molecule has 20 heavy (non-hydrogen) atoms. The van der Waals surface area contributed by atoms with Crippen LogP contribution in [-0.4, -0.2) is 9.97 Å². The van der Waals surface area contributed by atoms with Crippen molar-refractivity contribution >= 4 is 55.3 Å². The van der Waals surface area contributed by atoms with Gasteiger partial charge in [0.15, 0.2) is 5.13 Å². The molecule has 0 saturated carbocycles. The number of halogens is 1. The number of anilines is 2. The van der Waals surface area contributed by atoms with Gasteiger partial charge in [-0.3, -0.25) is 0 Å². The van der Waals surface area contributed by atoms with E-state index in [9.17, 15) is 0 Å². The minimum absolute atomic E-state index is 0.0414. The summed E-state index contributed by atoms with van der Waals surface area (Å²) in [6.07, 6.45) is 0. The molecule has 106 valence electrons. The number of aromatic nitrogens is 1. The average Bonchev–Trinajstić information content (AvgIpc) is 2.76. The van der Waals surface area contributed by atoms with Crippen molar-refractivity contribution in [3.63, 3.8) is 0 Å². The first kappa shape index (κ1) is 15.4. The van der Waals surface area contributed by atoms with Crippen LogP contribution in [0.15, 0.2) is 28.1 Å². The lowest BCUT2D eigenvalue weighted by Crippen LogP contribution is -2.13. The van der Waals surface area contributed by atoms with Gasteiger partial charge < -0.3 is 11.1 Å². The van der Waals surface area contributed by atoms with E-state index in [2.05, 4.69) is 52.4 Å². The van der Waals surface area contributed by atoms with Crippen LogP contribution < -0.4 is 11.1 Å². The molecule has 1 heterocycles. The summed E-state index contributed by atoms with van der Waals surface area (Å²) in [6, 6.07) is 5.77. The molecular formula is C14H16BrN3S2. The first-order valence-corrected chi connectivity index (χ1v) is 8.18. The Morgan fingerprint density at radius 2 is 2.10 bits per heavy atom. The maximum Gasteiger partial charge on any atom is 0.187 e. The maximum atomic E-state index is 5.75. The van der Waals surface area contributed by atoms with Gasteiger partial charge >= 0.3 is 0 Å². The van der Waals surface area contributed by atoms with Gasteiger partial charge in [-0.2, -0.15) is 0 Å². The van der Waals surface area contributed by atoms with Crippen molar-refractivity contribution in [2.75, 3.05) is 5.32 Å². The molecule has 0 amide bonds. The summed E-state index contributed by atoms with van der Waals surface area (Å²) in [5.41, 5.74) is 8.54. The highest BCUT2D eigenvalue weighted by molar-refractivity contribution is 9.10. The van der Waals surface area contributed by atoms with Crippen LogP contribution in [0.1, 0.15) is 32.0 Å². The van der Waals surface area contributed by atoms with E-state index >= 15 is 0 Å². The predicted molar refractivity (Wildman–Crippen MR) is 94.1 cm³/mol. The Bertz CT molecular complexity index is 644. The minimum Gasteiger partial charge on any atom is -0.389 e. The number of benzene rings is 1. The molecule has 0 saturated heterocycles. The van der Waals surface area contributed by atoms with Gasteiger partial charge in [0.2, 0.25) is 0 Å². The second-order valence-electron chi connectivity index (χ2n) is 5.47. The number of nitrogens with zero attached hydrogens (tertiary/aromatic N) is 1. The standard InChI is InChI=1S/C14H16BrN3S2/c1-14(2,3)11-7-20-13(18-11)17-10-6-8(15)4-5-9(10)12(16)19/h4-7H,1-3H3,(H2,16,19)(H,17,18). The van der Waals surface area contributed by atoms with Gasteiger partial charge in [-0.1, -0.05) is 48.9 Å². The quantitative estimate of drug-likeness (QED) is 0.777. The monoisotopic (exact) mass is 369 g/mol. The molecule has 3 nitrogen and oxygen atoms in total. The Kier molecular flexibility index (Phi) is 4.46. The molecule has 0 fully saturated rings. The molecule has 0 aliphatic heterocycles. The zero-order valence-electron chi connectivity index (χ0n) is 11.5. The first-order chi connectivity index (χ1) is 9.27. The lowest BCUT2D eigenvalue weighted by Gasteiger charge is -2.14. The van der Waals surface area contributed by atoms with E-state index in [4.69, 9.17) is 18.0 Å². The van der Waals surface area contributed by atoms with Crippen molar-refractivity contribution in [1.82, 2.24) is 4.98 Å². The molecule has 2 aromatic rings. The summed E-state index contributed by atoms with van der Waals surface area (Å²) in [5.74, 6) is 0. The number of thiazole rings is 1. The van der Waals surface area contributed by atoms with Crippen LogP contribution in [0.3, 0.4) is 0 Å². The highest BCUT2D eigenvalue weighted by atomic mass is 79.9. The number of hydrogen-bond acceptors (Lipinski definition) is 4. The van der Waals surface area contributed by atoms with Crippen LogP contribution >= 0.6 is 39.5 Å². The van der Waals surface area contributed by atoms with Crippen LogP contribution in [0.4, 0.5) is 10.8 Å². The van der Waals surface area contributed by atoms with E-state index in [0.717, 1.165) is 26.5 Å². The highest BCUT2D eigenvalue weighted by Crippen LogP contribution is 2.30. The lowest BCUT2D eigenvalue weighted by molar-refractivity contribution is 0.573. The molecule has 3 N–H and O–H groups in total. The smallest absolute Gasteiger partial charge is 0.187 e. The summed E-state index contributed by atoms with van der Waals surface area (Å²) in [5, 5.41) is 6.21. The van der Waals surface area contributed by atoms with Crippen molar-refractivity contribution in [3.05, 3.63) is 39.3 Å². The van der Waals surface area contributed by atoms with E-state index in [0.29, 0.717) is 4.99 Å². The third-order valence-electron chi connectivity index (χ3n) is 2.76. The second kappa shape index (κ2) is 5.79. The van der Waals surface area contributed by atoms with E-state index in [1.807, 2.05) is 18.2 Å². The van der Waals surface area contributed by atoms with Gasteiger partial charge in [-0.05, 0) is 18.2 Å². The van der Waals surface area contributed by atoms with Crippen molar-refractivity contribution in [3.8, 4) is 0 Å². The molecule has 6 heteroatoms. The molecule has 1 aromatic heterocycles. The van der Waals surface area contributed by atoms with Crippen LogP contribution in [0.25, 0.3) is 0 Å². The number of nitrogens with one attached hydrogen (secondary N) is 1. The van der Waals surface area contributed by atoms with E-state index in [1.54, 1.807) is 11.3 Å². The maximum absolute atomic E-state index is 5.75. The van der Waals surface area contributed by atoms with Gasteiger partial charge in [-0.25, -0.2) is 4.98 Å². The summed E-state index contributed by atoms with van der Waals surface area (Å²) in [6.45, 7) is 6.43. The van der Waals surface area contributed by atoms with Crippen molar-refractivity contribution in [1.29, 1.82) is 0 Å². The third kappa shape index (κ3) is 3.56. The largest absolute Gasteiger partial charge is 0.389 e. The Morgan fingerprint density at radius 3 is 2.65 bits per heavy atom. The van der Waals surface area contributed by atoms with Crippen molar-refractivity contribution in [2.24, 2.45) is 5.73 Å². The summed E-state index contributed by atoms with van der Waals surface area (Å²) in [4.78, 5) is 4.98. The Labute approximate surface area is 136 Å². The van der Waals surface area contributed by atoms with Gasteiger partial charge in [-0.15, -0.1) is 11.3 Å². The number of rotatable bonds is 3. The molecule has 0 unspecified atom stereocenters. The molecule has 1 aromatic carbocycles. The molecule has 0 aliphatic rings. The zero-order chi connectivity index (χ0) is 14.9. The average molecular weight is 370 g/mol. The van der Waals surface area contributed by atoms with Crippen molar-refractivity contribution < 1.29 is 0 Å². The lowest BCUT2D eigenvalue weighted by atomic mass is 9.93. The first-order valence-electron chi connectivity index (χ1n) is 6.10. The molecule has 0 spiro atoms. The molecular weight excluding hydrogens is 354 g/mol. The Morgan fingerprint density at radius 1 is 1.40 bits per heavy atom. The number of hydrogen-bond donors (Lipinski definition) is 2. The van der Waals surface area contributed by atoms with E-state index in [-0.39, 0.29) is 5.41 Å². The van der Waals surface area contributed by atoms with Gasteiger partial charge in [0.1, 0.15) is 4.99 Å². The van der Waals surface area contributed by atoms with E-state index in [1.165, 1.54) is 0 Å². The molecule has 0 bridgehead atoms. The fraction of sp³-hybridized carbons (Fsp3) is 0.286. The minimum atomic E-state index is 0.0414. The van der Waals surface area contributed by atoms with Gasteiger partial charge in [0.25, 0.3) is 0 Å². The third-order valence-corrected chi connectivity index (χ3v) is 4.23. The number of thiocarbonyl (C=S) groups is 1. The predicted octanol–water partition coefficient (Wildman–Crippen LogP) is 4.58. The fourth-order valence-corrected chi connectivity index (χ4v) is 3.11. The second-order valence-corrected chi connectivity index (χ2v) is 7.68. The molecule has 0 atom stereocenters. The molecule has 0 radical (unpaired) electrons. The fourth-order valence-electron chi connectivity index (χ4n) is 1.63.